The summed E-state index contributed by atoms with van der Waals surface area (Å²) in [5.41, 5.74) is 2.83. The molecule has 0 saturated carbocycles. The summed E-state index contributed by atoms with van der Waals surface area (Å²) in [5.74, 6) is 0.0155. The molecular weight excluding hydrogens is 310 g/mol. The molecule has 1 aromatic heterocycles. The quantitative estimate of drug-likeness (QED) is 0.806. The van der Waals surface area contributed by atoms with Crippen LogP contribution in [0, 0.1) is 6.92 Å². The van der Waals surface area contributed by atoms with Gasteiger partial charge in [0.1, 0.15) is 0 Å². The van der Waals surface area contributed by atoms with Crippen molar-refractivity contribution in [1.29, 1.82) is 0 Å². The van der Waals surface area contributed by atoms with Crippen molar-refractivity contribution in [1.82, 2.24) is 10.6 Å². The summed E-state index contributed by atoms with van der Waals surface area (Å²) in [6.45, 7) is 4.50. The molecule has 0 unspecified atom stereocenters. The Morgan fingerprint density at radius 2 is 2.17 bits per heavy atom. The summed E-state index contributed by atoms with van der Waals surface area (Å²) in [7, 11) is 0. The van der Waals surface area contributed by atoms with E-state index in [-0.39, 0.29) is 18.0 Å². The molecule has 1 aliphatic rings. The minimum atomic E-state index is -0.196. The first-order valence-corrected chi connectivity index (χ1v) is 8.35. The number of urea groups is 1. The van der Waals surface area contributed by atoms with E-state index in [1.807, 2.05) is 44.2 Å². The Kier molecular flexibility index (Phi) is 4.34. The van der Waals surface area contributed by atoms with Crippen LogP contribution in [-0.4, -0.2) is 11.9 Å². The lowest BCUT2D eigenvalue weighted by atomic mass is 10.0. The molecule has 5 nitrogen and oxygen atoms in total. The summed E-state index contributed by atoms with van der Waals surface area (Å²) in [5, 5.41) is 8.60. The third-order valence-electron chi connectivity index (χ3n) is 3.82. The van der Waals surface area contributed by atoms with E-state index < -0.39 is 0 Å². The highest BCUT2D eigenvalue weighted by atomic mass is 32.1. The molecule has 0 radical (unpaired) electrons. The molecule has 6 heteroatoms. The Labute approximate surface area is 139 Å². The van der Waals surface area contributed by atoms with E-state index in [2.05, 4.69) is 16.0 Å². The number of carbonyl (C=O) groups excluding carboxylic acids is 2. The molecule has 2 heterocycles. The Bertz CT molecular complexity index is 754. The highest BCUT2D eigenvalue weighted by molar-refractivity contribution is 7.11. The third kappa shape index (κ3) is 3.71. The van der Waals surface area contributed by atoms with Gasteiger partial charge >= 0.3 is 6.03 Å². The van der Waals surface area contributed by atoms with Gasteiger partial charge in [-0.15, -0.1) is 11.3 Å². The Balaban J connectivity index is 1.56. The number of thiophene rings is 1. The highest BCUT2D eigenvalue weighted by Crippen LogP contribution is 2.26. The van der Waals surface area contributed by atoms with Gasteiger partial charge in [0.05, 0.1) is 19.0 Å². The number of fused-ring (bicyclic) bond motifs is 1. The molecule has 0 aliphatic carbocycles. The fourth-order valence-corrected chi connectivity index (χ4v) is 3.43. The van der Waals surface area contributed by atoms with Gasteiger partial charge in [-0.2, -0.15) is 0 Å². The maximum absolute atomic E-state index is 12.0. The van der Waals surface area contributed by atoms with Crippen LogP contribution in [0.1, 0.15) is 33.8 Å². The van der Waals surface area contributed by atoms with Crippen LogP contribution in [0.15, 0.2) is 30.3 Å². The second-order valence-electron chi connectivity index (χ2n) is 5.70. The minimum Gasteiger partial charge on any atom is -0.333 e. The predicted molar refractivity (Wildman–Crippen MR) is 91.6 cm³/mol. The Morgan fingerprint density at radius 1 is 1.35 bits per heavy atom. The van der Waals surface area contributed by atoms with Gasteiger partial charge in [0.25, 0.3) is 0 Å². The molecule has 0 bridgehead atoms. The van der Waals surface area contributed by atoms with Crippen molar-refractivity contribution in [2.24, 2.45) is 0 Å². The fourth-order valence-electron chi connectivity index (χ4n) is 2.60. The van der Waals surface area contributed by atoms with Crippen LogP contribution in [0.2, 0.25) is 0 Å². The molecule has 1 aromatic carbocycles. The van der Waals surface area contributed by atoms with Gasteiger partial charge < -0.3 is 16.0 Å². The standard InChI is InChI=1S/C17H19N3O2S/c1-10-3-5-14(23-10)9-18-17(22)19-11(2)12-4-6-15-13(7-12)8-16(21)20-15/h3-7,11H,8-9H2,1-2H3,(H,20,21)(H2,18,19,22)/t11-/m1/s1. The number of rotatable bonds is 4. The van der Waals surface area contributed by atoms with E-state index >= 15 is 0 Å². The largest absolute Gasteiger partial charge is 0.333 e. The van der Waals surface area contributed by atoms with Crippen LogP contribution in [0.4, 0.5) is 10.5 Å². The normalized spacial score (nSPS) is 14.1. The molecule has 1 aliphatic heterocycles. The lowest BCUT2D eigenvalue weighted by Crippen LogP contribution is -2.36. The number of aryl methyl sites for hydroxylation is 1. The van der Waals surface area contributed by atoms with Crippen molar-refractivity contribution in [3.05, 3.63) is 51.2 Å². The van der Waals surface area contributed by atoms with Crippen molar-refractivity contribution in [3.63, 3.8) is 0 Å². The van der Waals surface area contributed by atoms with Crippen molar-refractivity contribution in [2.75, 3.05) is 5.32 Å². The summed E-state index contributed by atoms with van der Waals surface area (Å²) in [6.07, 6.45) is 0.403. The monoisotopic (exact) mass is 329 g/mol. The third-order valence-corrected chi connectivity index (χ3v) is 4.82. The highest BCUT2D eigenvalue weighted by Gasteiger charge is 2.19. The molecule has 3 rings (SSSR count). The lowest BCUT2D eigenvalue weighted by Gasteiger charge is -2.15. The van der Waals surface area contributed by atoms with E-state index in [9.17, 15) is 9.59 Å². The smallest absolute Gasteiger partial charge is 0.315 e. The Morgan fingerprint density at radius 3 is 2.91 bits per heavy atom. The van der Waals surface area contributed by atoms with Gasteiger partial charge in [-0.05, 0) is 43.2 Å². The molecule has 1 atom stereocenters. The second-order valence-corrected chi connectivity index (χ2v) is 7.08. The van der Waals surface area contributed by atoms with Crippen LogP contribution >= 0.6 is 11.3 Å². The summed E-state index contributed by atoms with van der Waals surface area (Å²) in [6, 6.07) is 9.54. The number of hydrogen-bond acceptors (Lipinski definition) is 3. The van der Waals surface area contributed by atoms with Gasteiger partial charge in [0, 0.05) is 15.4 Å². The molecule has 0 fully saturated rings. The topological polar surface area (TPSA) is 70.2 Å². The molecule has 3 amide bonds. The molecule has 120 valence electrons. The van der Waals surface area contributed by atoms with Crippen molar-refractivity contribution in [3.8, 4) is 0 Å². The van der Waals surface area contributed by atoms with Gasteiger partial charge in [-0.1, -0.05) is 12.1 Å². The number of benzene rings is 1. The first-order valence-electron chi connectivity index (χ1n) is 7.53. The summed E-state index contributed by atoms with van der Waals surface area (Å²) >= 11 is 1.68. The van der Waals surface area contributed by atoms with Crippen molar-refractivity contribution < 1.29 is 9.59 Å². The van der Waals surface area contributed by atoms with Gasteiger partial charge in [-0.25, -0.2) is 4.79 Å². The minimum absolute atomic E-state index is 0.0155. The predicted octanol–water partition coefficient (Wildman–Crippen LogP) is 3.11. The van der Waals surface area contributed by atoms with Crippen molar-refractivity contribution in [2.45, 2.75) is 32.9 Å². The van der Waals surface area contributed by atoms with Gasteiger partial charge in [0.2, 0.25) is 5.91 Å². The fraction of sp³-hybridized carbons (Fsp3) is 0.294. The number of amides is 3. The number of anilines is 1. The molecule has 3 N–H and O–H groups in total. The molecule has 0 saturated heterocycles. The summed E-state index contributed by atoms with van der Waals surface area (Å²) in [4.78, 5) is 25.8. The zero-order valence-corrected chi connectivity index (χ0v) is 13.9. The first kappa shape index (κ1) is 15.6. The molecule has 0 spiro atoms. The van der Waals surface area contributed by atoms with Crippen LogP contribution in [0.3, 0.4) is 0 Å². The van der Waals surface area contributed by atoms with Gasteiger partial charge in [0.15, 0.2) is 0 Å². The van der Waals surface area contributed by atoms with E-state index in [1.54, 1.807) is 11.3 Å². The maximum atomic E-state index is 12.0. The van der Waals surface area contributed by atoms with Crippen LogP contribution in [0.5, 0.6) is 0 Å². The second kappa shape index (κ2) is 6.42. The first-order chi connectivity index (χ1) is 11.0. The van der Waals surface area contributed by atoms with E-state index in [0.29, 0.717) is 13.0 Å². The average Bonchev–Trinajstić information content (AvgIpc) is 3.08. The Hall–Kier alpha value is -2.34. The van der Waals surface area contributed by atoms with E-state index in [1.165, 1.54) is 4.88 Å². The molecular formula is C17H19N3O2S. The van der Waals surface area contributed by atoms with E-state index in [0.717, 1.165) is 21.7 Å². The molecule has 23 heavy (non-hydrogen) atoms. The maximum Gasteiger partial charge on any atom is 0.315 e. The number of hydrogen-bond donors (Lipinski definition) is 3. The lowest BCUT2D eigenvalue weighted by molar-refractivity contribution is -0.115. The van der Waals surface area contributed by atoms with Crippen LogP contribution < -0.4 is 16.0 Å². The zero-order chi connectivity index (χ0) is 16.4. The average molecular weight is 329 g/mol. The van der Waals surface area contributed by atoms with E-state index in [4.69, 9.17) is 0 Å². The van der Waals surface area contributed by atoms with Gasteiger partial charge in [-0.3, -0.25) is 4.79 Å². The van der Waals surface area contributed by atoms with Crippen LogP contribution in [0.25, 0.3) is 0 Å². The van der Waals surface area contributed by atoms with Crippen LogP contribution in [-0.2, 0) is 17.8 Å². The number of nitrogens with one attached hydrogen (secondary N) is 3. The number of carbonyl (C=O) groups is 2. The van der Waals surface area contributed by atoms with Crippen molar-refractivity contribution >= 4 is 29.0 Å². The molecule has 2 aromatic rings. The zero-order valence-electron chi connectivity index (χ0n) is 13.1. The summed E-state index contributed by atoms with van der Waals surface area (Å²) < 4.78 is 0. The SMILES string of the molecule is Cc1ccc(CNC(=O)N[C@H](C)c2ccc3c(c2)CC(=O)N3)s1.